The molecule has 0 saturated heterocycles. The predicted molar refractivity (Wildman–Crippen MR) is 293 cm³/mol. The third kappa shape index (κ3) is 5.87. The molecule has 11 aromatic rings. The zero-order valence-electron chi connectivity index (χ0n) is 39.1. The van der Waals surface area contributed by atoms with E-state index in [4.69, 9.17) is 0 Å². The number of rotatable bonds is 6. The minimum absolute atomic E-state index is 0.114. The van der Waals surface area contributed by atoms with Gasteiger partial charge in [-0.15, -0.1) is 0 Å². The fourth-order valence-corrected chi connectivity index (χ4v) is 12.4. The first-order chi connectivity index (χ1) is 34.5. The Morgan fingerprint density at radius 3 is 1.49 bits per heavy atom. The molecule has 70 heavy (non-hydrogen) atoms. The van der Waals surface area contributed by atoms with Crippen molar-refractivity contribution in [3.05, 3.63) is 288 Å². The van der Waals surface area contributed by atoms with Crippen molar-refractivity contribution >= 4 is 44.9 Å². The summed E-state index contributed by atoms with van der Waals surface area (Å²) < 4.78 is 0. The van der Waals surface area contributed by atoms with Crippen molar-refractivity contribution < 1.29 is 0 Å². The molecule has 2 aliphatic carbocycles. The minimum Gasteiger partial charge on any atom is -0.310 e. The normalized spacial score (nSPS) is 14.1. The fourth-order valence-electron chi connectivity index (χ4n) is 12.4. The molecule has 0 N–H and O–H groups in total. The Hall–Kier alpha value is -8.72. The van der Waals surface area contributed by atoms with Crippen molar-refractivity contribution in [2.24, 2.45) is 0 Å². The average Bonchev–Trinajstić information content (AvgIpc) is 3.84. The molecule has 0 unspecified atom stereocenters. The molecule has 2 heteroatoms. The van der Waals surface area contributed by atoms with Crippen LogP contribution in [-0.4, -0.2) is 0 Å². The molecule has 1 heterocycles. The Morgan fingerprint density at radius 1 is 0.300 bits per heavy atom. The summed E-state index contributed by atoms with van der Waals surface area (Å²) >= 11 is 0. The lowest BCUT2D eigenvalue weighted by Gasteiger charge is -2.45. The number of hydrogen-bond acceptors (Lipinski definition) is 2. The SMILES string of the molecule is CC1(C)c2ccccc2-c2ccc(N(c3ccc(-c4ccccc4)cc3)c3ccc4cc(-c5ccc6c(c5)C5(c7ccccc7-6)c6ccccc6N(c6ccccc6)c6ccccc65)ccc4c3)cc21. The van der Waals surface area contributed by atoms with Gasteiger partial charge in [0.1, 0.15) is 0 Å². The first-order valence-corrected chi connectivity index (χ1v) is 24.5. The van der Waals surface area contributed by atoms with Crippen LogP contribution in [0.1, 0.15) is 47.2 Å². The fraction of sp³-hybridized carbons (Fsp3) is 0.0588. The lowest BCUT2D eigenvalue weighted by Crippen LogP contribution is -2.36. The number of para-hydroxylation sites is 3. The predicted octanol–water partition coefficient (Wildman–Crippen LogP) is 18.1. The molecular weight excluding hydrogens is 845 g/mol. The molecule has 0 fully saturated rings. The Kier molecular flexibility index (Phi) is 8.88. The second-order valence-electron chi connectivity index (χ2n) is 19.7. The third-order valence-electron chi connectivity index (χ3n) is 15.6. The number of fused-ring (bicyclic) bond motifs is 13. The first-order valence-electron chi connectivity index (χ1n) is 24.5. The standard InChI is InChI=1S/C68H48N2/c1-67(2)59-23-11-9-21-55(59)57-40-38-54(44-63(57)67)69(52-35-31-46(32-36-52)45-17-5-3-6-18-45)53-37-33-48-41-47(29-30-49(48)42-53)50-34-39-58-56-22-10-12-24-60(56)68(64(58)43-50)61-25-13-15-27-65(61)70(51-19-7-4-8-20-51)66-28-16-14-26-62(66)68/h3-44H,1-2H3. The molecule has 1 aliphatic heterocycles. The van der Waals surface area contributed by atoms with Gasteiger partial charge in [0.15, 0.2) is 0 Å². The third-order valence-corrected chi connectivity index (χ3v) is 15.6. The number of nitrogens with zero attached hydrogens (tertiary/aromatic N) is 2. The molecule has 11 aromatic carbocycles. The minimum atomic E-state index is -0.509. The monoisotopic (exact) mass is 892 g/mol. The second-order valence-corrected chi connectivity index (χ2v) is 19.7. The molecule has 1 spiro atoms. The Balaban J connectivity index is 0.891. The van der Waals surface area contributed by atoms with Gasteiger partial charge in [0.05, 0.1) is 16.8 Å². The van der Waals surface area contributed by atoms with Crippen molar-refractivity contribution in [3.63, 3.8) is 0 Å². The highest BCUT2D eigenvalue weighted by molar-refractivity contribution is 5.98. The van der Waals surface area contributed by atoms with Crippen LogP contribution in [0, 0.1) is 0 Å². The Labute approximate surface area is 410 Å². The van der Waals surface area contributed by atoms with Gasteiger partial charge in [0.2, 0.25) is 0 Å². The highest BCUT2D eigenvalue weighted by Gasteiger charge is 2.51. The maximum atomic E-state index is 2.49. The highest BCUT2D eigenvalue weighted by atomic mass is 15.2. The molecule has 2 nitrogen and oxygen atoms in total. The maximum absolute atomic E-state index is 2.49. The van der Waals surface area contributed by atoms with Crippen molar-refractivity contribution in [3.8, 4) is 44.5 Å². The summed E-state index contributed by atoms with van der Waals surface area (Å²) in [5.74, 6) is 0. The number of anilines is 6. The van der Waals surface area contributed by atoms with Gasteiger partial charge < -0.3 is 9.80 Å². The van der Waals surface area contributed by atoms with Gasteiger partial charge in [0, 0.05) is 28.2 Å². The van der Waals surface area contributed by atoms with Crippen LogP contribution in [0.15, 0.2) is 255 Å². The molecule has 0 saturated carbocycles. The maximum Gasteiger partial charge on any atom is 0.0754 e. The zero-order valence-corrected chi connectivity index (χ0v) is 39.1. The number of hydrogen-bond donors (Lipinski definition) is 0. The smallest absolute Gasteiger partial charge is 0.0754 e. The zero-order chi connectivity index (χ0) is 46.6. The van der Waals surface area contributed by atoms with E-state index in [1.165, 1.54) is 100 Å². The lowest BCUT2D eigenvalue weighted by atomic mass is 9.64. The molecular formula is C68H48N2. The van der Waals surface area contributed by atoms with Gasteiger partial charge in [-0.1, -0.05) is 196 Å². The average molecular weight is 893 g/mol. The van der Waals surface area contributed by atoms with Crippen molar-refractivity contribution in [1.29, 1.82) is 0 Å². The Bertz CT molecular complexity index is 3820. The molecule has 0 amide bonds. The Morgan fingerprint density at radius 2 is 0.757 bits per heavy atom. The quantitative estimate of drug-likeness (QED) is 0.164. The van der Waals surface area contributed by atoms with E-state index >= 15 is 0 Å². The van der Waals surface area contributed by atoms with Crippen LogP contribution in [0.2, 0.25) is 0 Å². The lowest BCUT2D eigenvalue weighted by molar-refractivity contribution is 0.660. The van der Waals surface area contributed by atoms with Gasteiger partial charge in [-0.25, -0.2) is 0 Å². The van der Waals surface area contributed by atoms with E-state index in [0.29, 0.717) is 0 Å². The molecule has 330 valence electrons. The summed E-state index contributed by atoms with van der Waals surface area (Å²) in [4.78, 5) is 4.88. The molecule has 3 aliphatic rings. The molecule has 0 radical (unpaired) electrons. The van der Waals surface area contributed by atoms with Crippen LogP contribution in [0.3, 0.4) is 0 Å². The van der Waals surface area contributed by atoms with Crippen LogP contribution in [-0.2, 0) is 10.8 Å². The molecule has 0 atom stereocenters. The van der Waals surface area contributed by atoms with Crippen LogP contribution in [0.25, 0.3) is 55.3 Å². The van der Waals surface area contributed by atoms with E-state index < -0.39 is 5.41 Å². The van der Waals surface area contributed by atoms with Crippen LogP contribution in [0.5, 0.6) is 0 Å². The first kappa shape index (κ1) is 40.4. The van der Waals surface area contributed by atoms with Gasteiger partial charge >= 0.3 is 0 Å². The summed E-state index contributed by atoms with van der Waals surface area (Å²) in [7, 11) is 0. The summed E-state index contributed by atoms with van der Waals surface area (Å²) in [6.07, 6.45) is 0. The molecule has 0 bridgehead atoms. The van der Waals surface area contributed by atoms with Crippen molar-refractivity contribution in [2.75, 3.05) is 9.80 Å². The van der Waals surface area contributed by atoms with Gasteiger partial charge in [-0.3, -0.25) is 0 Å². The van der Waals surface area contributed by atoms with E-state index in [1.54, 1.807) is 0 Å². The van der Waals surface area contributed by atoms with Crippen molar-refractivity contribution in [2.45, 2.75) is 24.7 Å². The summed E-state index contributed by atoms with van der Waals surface area (Å²) in [6.45, 7) is 4.72. The highest BCUT2D eigenvalue weighted by Crippen LogP contribution is 2.63. The summed E-state index contributed by atoms with van der Waals surface area (Å²) in [6, 6.07) is 94.8. The second kappa shape index (κ2) is 15.4. The van der Waals surface area contributed by atoms with Crippen LogP contribution in [0.4, 0.5) is 34.1 Å². The largest absolute Gasteiger partial charge is 0.310 e. The summed E-state index contributed by atoms with van der Waals surface area (Å²) in [5, 5.41) is 2.40. The topological polar surface area (TPSA) is 6.48 Å². The van der Waals surface area contributed by atoms with E-state index in [0.717, 1.165) is 22.7 Å². The summed E-state index contributed by atoms with van der Waals surface area (Å²) in [5.41, 5.74) is 24.4. The van der Waals surface area contributed by atoms with Crippen molar-refractivity contribution in [1.82, 2.24) is 0 Å². The number of benzene rings is 11. The van der Waals surface area contributed by atoms with Gasteiger partial charge in [0.25, 0.3) is 0 Å². The van der Waals surface area contributed by atoms with Gasteiger partial charge in [-0.05, 0) is 161 Å². The molecule has 0 aromatic heterocycles. The van der Waals surface area contributed by atoms with Gasteiger partial charge in [-0.2, -0.15) is 0 Å². The van der Waals surface area contributed by atoms with E-state index in [9.17, 15) is 0 Å². The van der Waals surface area contributed by atoms with Crippen LogP contribution >= 0.6 is 0 Å². The van der Waals surface area contributed by atoms with E-state index in [-0.39, 0.29) is 5.41 Å². The molecule has 14 rings (SSSR count). The van der Waals surface area contributed by atoms with Crippen LogP contribution < -0.4 is 9.80 Å². The van der Waals surface area contributed by atoms with E-state index in [2.05, 4.69) is 278 Å². The van der Waals surface area contributed by atoms with E-state index in [1.807, 2.05) is 0 Å².